The van der Waals surface area contributed by atoms with E-state index in [1.54, 1.807) is 13.8 Å². The van der Waals surface area contributed by atoms with Gasteiger partial charge in [-0.2, -0.15) is 0 Å². The number of carbonyl (C=O) groups excluding carboxylic acids is 1. The molecule has 0 bridgehead atoms. The molecular formula is C11H14NO7P. The summed E-state index contributed by atoms with van der Waals surface area (Å²) in [5.41, 5.74) is -1.31. The van der Waals surface area contributed by atoms with E-state index in [1.165, 1.54) is 12.1 Å². The quantitative estimate of drug-likeness (QED) is 0.432. The zero-order valence-electron chi connectivity index (χ0n) is 11.0. The van der Waals surface area contributed by atoms with Crippen LogP contribution < -0.4 is 4.74 Å². The van der Waals surface area contributed by atoms with Crippen LogP contribution in [-0.4, -0.2) is 23.8 Å². The van der Waals surface area contributed by atoms with Crippen molar-refractivity contribution in [3.8, 4) is 5.75 Å². The minimum absolute atomic E-state index is 0.0141. The third kappa shape index (κ3) is 4.12. The highest BCUT2D eigenvalue weighted by molar-refractivity contribution is 7.71. The molecule has 0 aliphatic carbocycles. The van der Waals surface area contributed by atoms with E-state index < -0.39 is 18.2 Å². The average Bonchev–Trinajstić information content (AvgIpc) is 2.39. The molecule has 1 aromatic carbocycles. The Bertz CT molecular complexity index is 518. The summed E-state index contributed by atoms with van der Waals surface area (Å²) in [6, 6.07) is 4.76. The number of non-ortho nitro benzene ring substituents is 1. The van der Waals surface area contributed by atoms with E-state index in [1.807, 2.05) is 0 Å². The molecule has 0 atom stereocenters. The van der Waals surface area contributed by atoms with Crippen LogP contribution in [-0.2, 0) is 13.6 Å². The summed E-state index contributed by atoms with van der Waals surface area (Å²) < 4.78 is 26.5. The first-order chi connectivity index (χ1) is 9.42. The number of nitrogens with zero attached hydrogens (tertiary/aromatic N) is 1. The van der Waals surface area contributed by atoms with Crippen LogP contribution >= 0.6 is 7.60 Å². The molecule has 0 unspecified atom stereocenters. The molecule has 0 spiro atoms. The Hall–Kier alpha value is -1.76. The van der Waals surface area contributed by atoms with Crippen molar-refractivity contribution < 1.29 is 28.1 Å². The number of carbonyl (C=O) groups is 1. The van der Waals surface area contributed by atoms with Crippen LogP contribution in [0.3, 0.4) is 0 Å². The molecule has 9 heteroatoms. The second kappa shape index (κ2) is 7.14. The highest BCUT2D eigenvalue weighted by atomic mass is 31.2. The molecule has 0 radical (unpaired) electrons. The summed E-state index contributed by atoms with van der Waals surface area (Å²) in [5, 5.41) is 10.5. The van der Waals surface area contributed by atoms with Crippen molar-refractivity contribution in [2.24, 2.45) is 0 Å². The molecule has 0 aliphatic heterocycles. The molecule has 0 aromatic heterocycles. The lowest BCUT2D eigenvalue weighted by atomic mass is 10.3. The molecule has 0 saturated carbocycles. The Morgan fingerprint density at radius 2 is 1.70 bits per heavy atom. The second-order valence-electron chi connectivity index (χ2n) is 3.45. The van der Waals surface area contributed by atoms with Crippen molar-refractivity contribution in [2.45, 2.75) is 13.8 Å². The van der Waals surface area contributed by atoms with Gasteiger partial charge in [-0.3, -0.25) is 10.1 Å². The fourth-order valence-electron chi connectivity index (χ4n) is 1.28. The van der Waals surface area contributed by atoms with Gasteiger partial charge in [-0.05, 0) is 26.0 Å². The van der Waals surface area contributed by atoms with E-state index in [0.717, 1.165) is 12.1 Å². The van der Waals surface area contributed by atoms with Crippen molar-refractivity contribution in [3.63, 3.8) is 0 Å². The molecule has 1 rings (SSSR count). The summed E-state index contributed by atoms with van der Waals surface area (Å²) >= 11 is 0. The summed E-state index contributed by atoms with van der Waals surface area (Å²) in [6.45, 7) is 3.16. The first-order valence-corrected chi connectivity index (χ1v) is 7.33. The molecular weight excluding hydrogens is 289 g/mol. The van der Waals surface area contributed by atoms with E-state index in [-0.39, 0.29) is 24.7 Å². The van der Waals surface area contributed by atoms with Gasteiger partial charge >= 0.3 is 13.3 Å². The summed E-state index contributed by atoms with van der Waals surface area (Å²) in [7, 11) is -4.00. The largest absolute Gasteiger partial charge is 0.438 e. The van der Waals surface area contributed by atoms with Crippen molar-refractivity contribution in [2.75, 3.05) is 13.2 Å². The third-order valence-electron chi connectivity index (χ3n) is 2.07. The first kappa shape index (κ1) is 16.3. The standard InChI is InChI=1S/C11H14NO7P/c1-3-17-20(16,18-4-2)11(13)19-10-7-5-9(6-8-10)12(14)15/h5-8H,3-4H2,1-2H3. The Labute approximate surface area is 115 Å². The van der Waals surface area contributed by atoms with Gasteiger partial charge in [0.05, 0.1) is 18.1 Å². The molecule has 0 N–H and O–H groups in total. The molecule has 0 amide bonds. The van der Waals surface area contributed by atoms with E-state index in [0.29, 0.717) is 0 Å². The maximum absolute atomic E-state index is 12.1. The minimum atomic E-state index is -4.00. The van der Waals surface area contributed by atoms with Gasteiger partial charge in [-0.1, -0.05) is 0 Å². The van der Waals surface area contributed by atoms with Crippen molar-refractivity contribution in [3.05, 3.63) is 34.4 Å². The minimum Gasteiger partial charge on any atom is -0.417 e. The van der Waals surface area contributed by atoms with Crippen molar-refractivity contribution >= 4 is 19.0 Å². The summed E-state index contributed by atoms with van der Waals surface area (Å²) in [5.74, 6) is 0.0141. The number of hydrogen-bond donors (Lipinski definition) is 0. The van der Waals surface area contributed by atoms with Gasteiger partial charge in [0.25, 0.3) is 5.69 Å². The number of hydrogen-bond acceptors (Lipinski definition) is 7. The maximum Gasteiger partial charge on any atom is 0.438 e. The van der Waals surface area contributed by atoms with Crippen LogP contribution in [0.1, 0.15) is 13.8 Å². The zero-order chi connectivity index (χ0) is 15.2. The average molecular weight is 303 g/mol. The number of benzene rings is 1. The lowest BCUT2D eigenvalue weighted by molar-refractivity contribution is -0.384. The topological polar surface area (TPSA) is 105 Å². The SMILES string of the molecule is CCOP(=O)(OCC)C(=O)Oc1ccc([N+](=O)[O-])cc1. The van der Waals surface area contributed by atoms with Crippen molar-refractivity contribution in [1.82, 2.24) is 0 Å². The Morgan fingerprint density at radius 3 is 2.10 bits per heavy atom. The zero-order valence-corrected chi connectivity index (χ0v) is 11.9. The van der Waals surface area contributed by atoms with Gasteiger partial charge in [-0.15, -0.1) is 0 Å². The van der Waals surface area contributed by atoms with Gasteiger partial charge in [-0.25, -0.2) is 9.36 Å². The third-order valence-corrected chi connectivity index (χ3v) is 3.81. The maximum atomic E-state index is 12.1. The van der Waals surface area contributed by atoms with E-state index >= 15 is 0 Å². The normalized spacial score (nSPS) is 11.1. The summed E-state index contributed by atoms with van der Waals surface area (Å²) in [4.78, 5) is 21.7. The lowest BCUT2D eigenvalue weighted by Crippen LogP contribution is -2.11. The molecule has 0 aliphatic rings. The van der Waals surface area contributed by atoms with Crippen LogP contribution in [0.25, 0.3) is 0 Å². The van der Waals surface area contributed by atoms with Crippen LogP contribution in [0.15, 0.2) is 24.3 Å². The Kier molecular flexibility index (Phi) is 5.82. The number of rotatable bonds is 7. The number of nitro benzene ring substituents is 1. The predicted molar refractivity (Wildman–Crippen MR) is 70.0 cm³/mol. The van der Waals surface area contributed by atoms with Crippen LogP contribution in [0, 0.1) is 10.1 Å². The molecule has 1 aromatic rings. The van der Waals surface area contributed by atoms with Crippen LogP contribution in [0.5, 0.6) is 5.75 Å². The van der Waals surface area contributed by atoms with Crippen molar-refractivity contribution in [1.29, 1.82) is 0 Å². The monoisotopic (exact) mass is 303 g/mol. The van der Waals surface area contributed by atoms with E-state index in [9.17, 15) is 19.5 Å². The Balaban J connectivity index is 2.82. The molecule has 0 saturated heterocycles. The fourth-order valence-corrected chi connectivity index (χ4v) is 2.46. The Morgan fingerprint density at radius 1 is 1.20 bits per heavy atom. The molecule has 110 valence electrons. The predicted octanol–water partition coefficient (Wildman–Crippen LogP) is 3.36. The molecule has 20 heavy (non-hydrogen) atoms. The fraction of sp³-hybridized carbons (Fsp3) is 0.364. The summed E-state index contributed by atoms with van der Waals surface area (Å²) in [6.07, 6.45) is 0. The van der Waals surface area contributed by atoms with Gasteiger partial charge in [0, 0.05) is 12.1 Å². The smallest absolute Gasteiger partial charge is 0.417 e. The van der Waals surface area contributed by atoms with Gasteiger partial charge in [0.1, 0.15) is 5.75 Å². The van der Waals surface area contributed by atoms with E-state index in [4.69, 9.17) is 13.8 Å². The second-order valence-corrected chi connectivity index (χ2v) is 5.33. The highest BCUT2D eigenvalue weighted by Gasteiger charge is 2.36. The van der Waals surface area contributed by atoms with Crippen LogP contribution in [0.4, 0.5) is 10.5 Å². The first-order valence-electron chi connectivity index (χ1n) is 5.79. The number of nitro groups is 1. The molecule has 0 heterocycles. The molecule has 0 fully saturated rings. The van der Waals surface area contributed by atoms with Gasteiger partial charge < -0.3 is 13.8 Å². The van der Waals surface area contributed by atoms with Gasteiger partial charge in [0.2, 0.25) is 0 Å². The van der Waals surface area contributed by atoms with Crippen LogP contribution in [0.2, 0.25) is 0 Å². The highest BCUT2D eigenvalue weighted by Crippen LogP contribution is 2.49. The lowest BCUT2D eigenvalue weighted by Gasteiger charge is -2.14. The number of ether oxygens (including phenoxy) is 1. The molecule has 8 nitrogen and oxygen atoms in total. The van der Waals surface area contributed by atoms with E-state index in [2.05, 4.69) is 0 Å². The van der Waals surface area contributed by atoms with Gasteiger partial charge in [0.15, 0.2) is 0 Å².